The Bertz CT molecular complexity index is 492. The van der Waals surface area contributed by atoms with Crippen molar-refractivity contribution in [1.29, 1.82) is 0 Å². The monoisotopic (exact) mass is 398 g/mol. The molecule has 2 aromatic carbocycles. The van der Waals surface area contributed by atoms with Crippen LogP contribution in [0.5, 0.6) is 0 Å². The molecule has 0 nitrogen and oxygen atoms in total. The van der Waals surface area contributed by atoms with Crippen LogP contribution in [0, 0.1) is 0 Å². The van der Waals surface area contributed by atoms with Crippen LogP contribution in [-0.2, 0) is 10.6 Å². The molecule has 0 N–H and O–H groups in total. The van der Waals surface area contributed by atoms with E-state index in [-0.39, 0.29) is 0 Å². The summed E-state index contributed by atoms with van der Waals surface area (Å²) in [6.45, 7) is 0. The zero-order valence-electron chi connectivity index (χ0n) is 9.80. The summed E-state index contributed by atoms with van der Waals surface area (Å²) in [4.78, 5) is 0. The zero-order chi connectivity index (χ0) is 13.8. The van der Waals surface area contributed by atoms with E-state index in [1.165, 1.54) is 0 Å². The summed E-state index contributed by atoms with van der Waals surface area (Å²) in [5, 5.41) is 4.62. The van der Waals surface area contributed by atoms with Gasteiger partial charge in [0.15, 0.2) is 0 Å². The molecule has 0 aromatic heterocycles. The van der Waals surface area contributed by atoms with Gasteiger partial charge in [0.05, 0.1) is 0 Å². The fourth-order valence-electron chi connectivity index (χ4n) is 1.60. The van der Waals surface area contributed by atoms with E-state index < -0.39 is 0 Å². The fraction of sp³-hybridized carbons (Fsp3) is 0.143. The Morgan fingerprint density at radius 1 is 0.632 bits per heavy atom. The van der Waals surface area contributed by atoms with Gasteiger partial charge in [-0.2, -0.15) is 0 Å². The van der Waals surface area contributed by atoms with Crippen molar-refractivity contribution in [3.05, 3.63) is 67.6 Å². The summed E-state index contributed by atoms with van der Waals surface area (Å²) < 4.78 is 0. The van der Waals surface area contributed by atoms with Crippen LogP contribution in [0.15, 0.2) is 36.4 Å². The molecule has 19 heavy (non-hydrogen) atoms. The predicted octanol–water partition coefficient (Wildman–Crippen LogP) is 5.70. The van der Waals surface area contributed by atoms with Crippen molar-refractivity contribution in [1.82, 2.24) is 0 Å². The molecule has 0 spiro atoms. The van der Waals surface area contributed by atoms with Crippen LogP contribution in [0.3, 0.4) is 0 Å². The normalized spacial score (nSPS) is 10.7. The van der Waals surface area contributed by atoms with Crippen LogP contribution < -0.4 is 0 Å². The van der Waals surface area contributed by atoms with Crippen LogP contribution in [0.4, 0.5) is 0 Å². The number of benzene rings is 2. The predicted molar refractivity (Wildman–Crippen MR) is 86.1 cm³/mol. The third kappa shape index (κ3) is 4.04. The van der Waals surface area contributed by atoms with Crippen LogP contribution in [0.1, 0.15) is 11.1 Å². The maximum atomic E-state index is 6.15. The maximum absolute atomic E-state index is 6.15. The van der Waals surface area contributed by atoms with Crippen LogP contribution in [0.25, 0.3) is 0 Å². The van der Waals surface area contributed by atoms with Crippen molar-refractivity contribution in [3.8, 4) is 0 Å². The van der Waals surface area contributed by atoms with Crippen molar-refractivity contribution in [3.63, 3.8) is 0 Å². The molecule has 0 unspecified atom stereocenters. The molecule has 0 atom stereocenters. The van der Waals surface area contributed by atoms with E-state index in [1.807, 2.05) is 36.4 Å². The topological polar surface area (TPSA) is 0 Å². The molecular weight excluding hydrogens is 389 g/mol. The molecule has 0 heterocycles. The van der Waals surface area contributed by atoms with Crippen LogP contribution >= 0.6 is 46.4 Å². The Balaban J connectivity index is 2.05. The first-order chi connectivity index (χ1) is 9.09. The quantitative estimate of drug-likeness (QED) is 0.579. The van der Waals surface area contributed by atoms with Crippen molar-refractivity contribution < 1.29 is 0 Å². The van der Waals surface area contributed by atoms with E-state index in [4.69, 9.17) is 46.4 Å². The van der Waals surface area contributed by atoms with Gasteiger partial charge >= 0.3 is 140 Å². The molecule has 2 aromatic rings. The molecule has 0 bridgehead atoms. The van der Waals surface area contributed by atoms with Gasteiger partial charge in [-0.05, 0) is 0 Å². The molecule has 0 aliphatic rings. The van der Waals surface area contributed by atoms with Gasteiger partial charge in [-0.15, -0.1) is 0 Å². The second kappa shape index (κ2) is 7.22. The molecule has 0 radical (unpaired) electrons. The molecule has 0 fully saturated rings. The van der Waals surface area contributed by atoms with Crippen LogP contribution in [-0.4, -0.2) is 15.0 Å². The summed E-state index contributed by atoms with van der Waals surface area (Å²) in [5.41, 5.74) is 2.02. The molecule has 0 saturated carbocycles. The number of rotatable bonds is 4. The third-order valence-electron chi connectivity index (χ3n) is 2.62. The Hall–Kier alpha value is 0.119. The molecule has 2 rings (SSSR count). The van der Waals surface area contributed by atoms with Gasteiger partial charge in [-0.1, -0.05) is 0 Å². The summed E-state index contributed by atoms with van der Waals surface area (Å²) in [5.74, 6) is 0. The average Bonchev–Trinajstić information content (AvgIpc) is 2.36. The molecule has 0 aliphatic heterocycles. The van der Waals surface area contributed by atoms with Gasteiger partial charge < -0.3 is 0 Å². The molecule has 0 amide bonds. The van der Waals surface area contributed by atoms with E-state index in [0.29, 0.717) is 15.0 Å². The first kappa shape index (κ1) is 15.5. The molecule has 100 valence electrons. The summed E-state index contributed by atoms with van der Waals surface area (Å²) in [6.07, 6.45) is 0. The van der Waals surface area contributed by atoms with E-state index in [2.05, 4.69) is 0 Å². The number of hydrogen-bond donors (Lipinski definition) is 0. The average molecular weight is 399 g/mol. The van der Waals surface area contributed by atoms with Gasteiger partial charge in [-0.25, -0.2) is 0 Å². The van der Waals surface area contributed by atoms with E-state index >= 15 is 0 Å². The molecule has 5 heteroatoms. The fourth-order valence-corrected chi connectivity index (χ4v) is 5.75. The van der Waals surface area contributed by atoms with Crippen molar-refractivity contribution >= 4 is 61.4 Å². The minimum absolute atomic E-state index is 0.309. The minimum atomic E-state index is 0.309. The number of hydrogen-bond acceptors (Lipinski definition) is 0. The van der Waals surface area contributed by atoms with Crippen molar-refractivity contribution in [2.24, 2.45) is 0 Å². The number of halogens is 4. The van der Waals surface area contributed by atoms with E-state index in [0.717, 1.165) is 41.9 Å². The van der Waals surface area contributed by atoms with Crippen LogP contribution in [0.2, 0.25) is 20.1 Å². The Morgan fingerprint density at radius 3 is 1.26 bits per heavy atom. The zero-order valence-corrected chi connectivity index (χ0v) is 14.5. The first-order valence-corrected chi connectivity index (χ1v) is 9.46. The Morgan fingerprint density at radius 2 is 0.947 bits per heavy atom. The molecule has 0 aliphatic carbocycles. The summed E-state index contributed by atoms with van der Waals surface area (Å²) in [6, 6.07) is 11.2. The SMILES string of the molecule is Clc1cccc(Cl)c1C[Se]Cc1c(Cl)cccc1Cl. The molecular formula is C14H10Cl4Se. The van der Waals surface area contributed by atoms with Gasteiger partial charge in [-0.3, -0.25) is 0 Å². The van der Waals surface area contributed by atoms with Gasteiger partial charge in [0.1, 0.15) is 0 Å². The molecule has 0 saturated heterocycles. The standard InChI is InChI=1S/C14H10Cl4Se/c15-11-3-1-4-12(16)9(11)7-19-8-10-13(17)5-2-6-14(10)18/h1-6H,7-8H2. The van der Waals surface area contributed by atoms with Crippen molar-refractivity contribution in [2.45, 2.75) is 10.6 Å². The van der Waals surface area contributed by atoms with Gasteiger partial charge in [0, 0.05) is 0 Å². The second-order valence-electron chi connectivity index (χ2n) is 3.89. The second-order valence-corrected chi connectivity index (χ2v) is 7.59. The van der Waals surface area contributed by atoms with E-state index in [9.17, 15) is 0 Å². The third-order valence-corrected chi connectivity index (χ3v) is 6.10. The Labute approximate surface area is 139 Å². The summed E-state index contributed by atoms with van der Waals surface area (Å²) >= 11 is 24.9. The Kier molecular flexibility index (Phi) is 5.89. The van der Waals surface area contributed by atoms with Crippen molar-refractivity contribution in [2.75, 3.05) is 0 Å². The summed E-state index contributed by atoms with van der Waals surface area (Å²) in [7, 11) is 0. The van der Waals surface area contributed by atoms with Gasteiger partial charge in [0.25, 0.3) is 0 Å². The van der Waals surface area contributed by atoms with Gasteiger partial charge in [0.2, 0.25) is 0 Å². The van der Waals surface area contributed by atoms with E-state index in [1.54, 1.807) is 0 Å². The first-order valence-electron chi connectivity index (χ1n) is 5.53.